The van der Waals surface area contributed by atoms with E-state index in [2.05, 4.69) is 60.2 Å². The Morgan fingerprint density at radius 3 is 2.53 bits per heavy atom. The van der Waals surface area contributed by atoms with E-state index in [9.17, 15) is 19.8 Å². The Balaban J connectivity index is 1.10. The van der Waals surface area contributed by atoms with Crippen LogP contribution >= 0.6 is 11.6 Å². The molecule has 0 amide bonds. The van der Waals surface area contributed by atoms with Gasteiger partial charge in [0.2, 0.25) is 0 Å². The van der Waals surface area contributed by atoms with Crippen LogP contribution in [0.4, 0.5) is 11.4 Å². The fourth-order valence-corrected chi connectivity index (χ4v) is 10.2. The maximum atomic E-state index is 14.2. The van der Waals surface area contributed by atoms with Gasteiger partial charge in [0.1, 0.15) is 17.2 Å². The van der Waals surface area contributed by atoms with Crippen molar-refractivity contribution in [2.24, 2.45) is 23.7 Å². The van der Waals surface area contributed by atoms with Crippen LogP contribution in [0.15, 0.2) is 48.0 Å². The summed E-state index contributed by atoms with van der Waals surface area (Å²) in [5.74, 6) is -1.39. The summed E-state index contributed by atoms with van der Waals surface area (Å²) in [6.45, 7) is 16.5. The third-order valence-electron chi connectivity index (χ3n) is 12.8. The number of aliphatic hydroxyl groups is 2. The fourth-order valence-electron chi connectivity index (χ4n) is 9.93. The molecular formula is C41H55ClN4O7. The first-order chi connectivity index (χ1) is 25.1. The van der Waals surface area contributed by atoms with Gasteiger partial charge in [-0.05, 0) is 80.2 Å². The second kappa shape index (κ2) is 14.5. The van der Waals surface area contributed by atoms with Crippen LogP contribution in [0.2, 0.25) is 5.02 Å². The van der Waals surface area contributed by atoms with Crippen molar-refractivity contribution in [3.63, 3.8) is 0 Å². The minimum Gasteiger partial charge on any atom is -0.454 e. The zero-order valence-electron chi connectivity index (χ0n) is 32.0. The van der Waals surface area contributed by atoms with Gasteiger partial charge in [-0.1, -0.05) is 55.8 Å². The number of nitrogens with one attached hydrogen (secondary N) is 1. The highest BCUT2D eigenvalue weighted by Crippen LogP contribution is 2.53. The second-order valence-corrected chi connectivity index (χ2v) is 16.8. The molecule has 2 aromatic carbocycles. The molecule has 2 aliphatic carbocycles. The van der Waals surface area contributed by atoms with E-state index < -0.39 is 47.6 Å². The molecule has 3 fully saturated rings. The van der Waals surface area contributed by atoms with Gasteiger partial charge in [-0.3, -0.25) is 29.7 Å². The summed E-state index contributed by atoms with van der Waals surface area (Å²) < 4.78 is 12.2. The van der Waals surface area contributed by atoms with Gasteiger partial charge in [0.25, 0.3) is 0 Å². The maximum absolute atomic E-state index is 14.2. The number of hydroxylamine groups is 1. The molecule has 3 aliphatic heterocycles. The minimum absolute atomic E-state index is 0.0365. The number of rotatable bonds is 7. The number of aryl methyl sites for hydroxylation is 2. The smallest absolute Gasteiger partial charge is 0.323 e. The fraction of sp³-hybridized carbons (Fsp3) is 0.610. The van der Waals surface area contributed by atoms with Gasteiger partial charge in [-0.25, -0.2) is 0 Å². The molecule has 1 saturated carbocycles. The standard InChI is InChI=1S/C41H55ClN4O7/c1-23-11-12-24(2)34(19-23)46-17-15-45(16-18-46)22-26(4)29-14-13-27(5)41(50)31(29)20-25(3)36(51-28(6)47)37(41)52-38(48)33-21-40(49)30-9-8-10-32(42)35(30)44(7)53-39(40)43-33/h8-12,19-20,26-27,29,31,33,36-37,39,43,49-50H,13-18,21-22H2,1-7H3/t26?,27-,29+,31-,33+,36-,37+,39-,40-,41-/m1/s1. The number of carbonyl (C=O) groups excluding carboxylic acids is 2. The molecule has 11 nitrogen and oxygen atoms in total. The normalized spacial score (nSPS) is 34.8. The van der Waals surface area contributed by atoms with Crippen molar-refractivity contribution < 1.29 is 34.1 Å². The van der Waals surface area contributed by atoms with Crippen molar-refractivity contribution in [1.82, 2.24) is 10.2 Å². The first kappa shape index (κ1) is 38.1. The van der Waals surface area contributed by atoms with Crippen LogP contribution in [-0.4, -0.2) is 96.9 Å². The van der Waals surface area contributed by atoms with Gasteiger partial charge >= 0.3 is 11.9 Å². The van der Waals surface area contributed by atoms with Crippen molar-refractivity contribution in [2.45, 2.75) is 96.5 Å². The lowest BCUT2D eigenvalue weighted by atomic mass is 9.55. The number of para-hydroxylation sites is 1. The number of hydrogen-bond donors (Lipinski definition) is 3. The highest BCUT2D eigenvalue weighted by Gasteiger charge is 2.62. The SMILES string of the molecule is CC(=O)O[C@@H]1C(C)=C[C@@H]2[C@H](C(C)CN3CCN(c4cc(C)ccc4C)CC3)CC[C@@H](C)[C@]2(O)[C@H]1OC(=O)[C@@H]1C[C@@]2(O)c3cccc(Cl)c3N(C)O[C@H]2N1. The van der Waals surface area contributed by atoms with Crippen molar-refractivity contribution in [1.29, 1.82) is 0 Å². The molecule has 7 rings (SSSR count). The molecule has 3 N–H and O–H groups in total. The predicted octanol–water partition coefficient (Wildman–Crippen LogP) is 4.87. The lowest BCUT2D eigenvalue weighted by Gasteiger charge is -2.56. The lowest BCUT2D eigenvalue weighted by Crippen LogP contribution is -2.66. The van der Waals surface area contributed by atoms with Crippen LogP contribution < -0.4 is 15.3 Å². The molecule has 0 aromatic heterocycles. The average molecular weight is 751 g/mol. The quantitative estimate of drug-likeness (QED) is 0.266. The van der Waals surface area contributed by atoms with Crippen LogP contribution in [0.5, 0.6) is 0 Å². The third-order valence-corrected chi connectivity index (χ3v) is 13.2. The van der Waals surface area contributed by atoms with Gasteiger partial charge < -0.3 is 24.6 Å². The molecule has 0 bridgehead atoms. The van der Waals surface area contributed by atoms with Gasteiger partial charge in [0, 0.05) is 70.3 Å². The average Bonchev–Trinajstić information content (AvgIpc) is 3.46. The molecule has 2 aromatic rings. The summed E-state index contributed by atoms with van der Waals surface area (Å²) in [5.41, 5.74) is 2.65. The van der Waals surface area contributed by atoms with E-state index in [1.807, 2.05) is 13.8 Å². The number of halogens is 1. The molecule has 3 heterocycles. The Morgan fingerprint density at radius 1 is 1.08 bits per heavy atom. The number of esters is 2. The largest absolute Gasteiger partial charge is 0.454 e. The Bertz CT molecular complexity index is 1770. The molecule has 5 aliphatic rings. The van der Waals surface area contributed by atoms with E-state index >= 15 is 0 Å². The Morgan fingerprint density at radius 2 is 1.81 bits per heavy atom. The summed E-state index contributed by atoms with van der Waals surface area (Å²) in [4.78, 5) is 37.7. The van der Waals surface area contributed by atoms with Crippen LogP contribution in [0.1, 0.15) is 63.6 Å². The number of benzene rings is 2. The first-order valence-corrected chi connectivity index (χ1v) is 19.5. The van der Waals surface area contributed by atoms with Crippen LogP contribution in [-0.2, 0) is 29.5 Å². The number of carbonyl (C=O) groups is 2. The molecule has 53 heavy (non-hydrogen) atoms. The number of ether oxygens (including phenoxy) is 2. The van der Waals surface area contributed by atoms with Crippen LogP contribution in [0.25, 0.3) is 0 Å². The van der Waals surface area contributed by atoms with E-state index in [4.69, 9.17) is 25.9 Å². The van der Waals surface area contributed by atoms with Crippen molar-refractivity contribution in [3.8, 4) is 0 Å². The minimum atomic E-state index is -1.56. The van der Waals surface area contributed by atoms with Crippen molar-refractivity contribution >= 4 is 34.9 Å². The zero-order chi connectivity index (χ0) is 38.0. The summed E-state index contributed by atoms with van der Waals surface area (Å²) in [6.07, 6.45) is 0.647. The molecule has 1 unspecified atom stereocenters. The zero-order valence-corrected chi connectivity index (χ0v) is 32.7. The highest BCUT2D eigenvalue weighted by atomic mass is 35.5. The van der Waals surface area contributed by atoms with Crippen LogP contribution in [0, 0.1) is 37.5 Å². The first-order valence-electron chi connectivity index (χ1n) is 19.1. The lowest BCUT2D eigenvalue weighted by molar-refractivity contribution is -0.225. The molecule has 2 saturated heterocycles. The highest BCUT2D eigenvalue weighted by molar-refractivity contribution is 6.33. The van der Waals surface area contributed by atoms with E-state index in [1.165, 1.54) is 28.8 Å². The van der Waals surface area contributed by atoms with Crippen LogP contribution in [0.3, 0.4) is 0 Å². The summed E-state index contributed by atoms with van der Waals surface area (Å²) in [7, 11) is 1.70. The molecule has 12 heteroatoms. The Labute approximate surface area is 318 Å². The van der Waals surface area contributed by atoms with E-state index in [0.717, 1.165) is 51.1 Å². The van der Waals surface area contributed by atoms with Crippen molar-refractivity contribution in [3.05, 3.63) is 69.8 Å². The van der Waals surface area contributed by atoms with Gasteiger partial charge in [-0.15, -0.1) is 0 Å². The number of anilines is 2. The predicted molar refractivity (Wildman–Crippen MR) is 203 cm³/mol. The molecular weight excluding hydrogens is 696 g/mol. The van der Waals surface area contributed by atoms with E-state index in [-0.39, 0.29) is 30.1 Å². The maximum Gasteiger partial charge on any atom is 0.323 e. The van der Waals surface area contributed by atoms with Gasteiger partial charge in [0.05, 0.1) is 10.7 Å². The second-order valence-electron chi connectivity index (χ2n) is 16.4. The molecule has 10 atom stereocenters. The topological polar surface area (TPSA) is 124 Å². The Kier molecular flexibility index (Phi) is 10.4. The van der Waals surface area contributed by atoms with Gasteiger partial charge in [-0.2, -0.15) is 0 Å². The van der Waals surface area contributed by atoms with Crippen molar-refractivity contribution in [2.75, 3.05) is 49.7 Å². The number of hydrogen-bond acceptors (Lipinski definition) is 11. The summed E-state index contributed by atoms with van der Waals surface area (Å²) >= 11 is 6.49. The monoisotopic (exact) mass is 750 g/mol. The molecule has 0 spiro atoms. The van der Waals surface area contributed by atoms with E-state index in [0.29, 0.717) is 16.3 Å². The number of fused-ring (bicyclic) bond motifs is 4. The third kappa shape index (κ3) is 6.76. The van der Waals surface area contributed by atoms with Gasteiger partial charge in [0.15, 0.2) is 18.4 Å². The summed E-state index contributed by atoms with van der Waals surface area (Å²) in [6, 6.07) is 10.9. The molecule has 0 radical (unpaired) electrons. The van der Waals surface area contributed by atoms with E-state index in [1.54, 1.807) is 25.2 Å². The molecule has 288 valence electrons. The Hall–Kier alpha value is -3.19. The number of piperazine rings is 1. The number of nitrogens with zero attached hydrogens (tertiary/aromatic N) is 3. The summed E-state index contributed by atoms with van der Waals surface area (Å²) in [5, 5.41) is 29.9.